The molecule has 1 aliphatic carbocycles. The largest absolute Gasteiger partial charge is 0.353 e. The normalized spacial score (nSPS) is 21.3. The molecule has 2 atom stereocenters. The molecule has 1 aliphatic heterocycles. The Hall–Kier alpha value is -2.67. The van der Waals surface area contributed by atoms with E-state index in [1.807, 2.05) is 12.2 Å². The lowest BCUT2D eigenvalue weighted by Crippen LogP contribution is -2.43. The summed E-state index contributed by atoms with van der Waals surface area (Å²) in [6.45, 7) is 6.88. The van der Waals surface area contributed by atoms with Crippen molar-refractivity contribution in [3.05, 3.63) is 62.0 Å². The van der Waals surface area contributed by atoms with Gasteiger partial charge in [0.1, 0.15) is 11.2 Å². The van der Waals surface area contributed by atoms with Crippen LogP contribution in [0.4, 0.5) is 10.7 Å². The average molecular weight is 412 g/mol. The SMILES string of the molecule is CC(C)(C)[C@@H]1CCc2c(sc3c2C(=O)N[C@H](/C=C/c2ccc([N+](=O)[O-])cc2)N3)C1. The minimum atomic E-state index is -0.416. The van der Waals surface area contributed by atoms with Crippen molar-refractivity contribution in [1.29, 1.82) is 0 Å². The van der Waals surface area contributed by atoms with Crippen molar-refractivity contribution < 1.29 is 9.72 Å². The third-order valence-corrected chi connectivity index (χ3v) is 7.06. The summed E-state index contributed by atoms with van der Waals surface area (Å²) < 4.78 is 0. The second kappa shape index (κ2) is 7.30. The standard InChI is InChI=1S/C22H25N3O3S/c1-22(2,3)14-7-10-16-17(12-14)29-21-19(16)20(26)23-18(24-21)11-6-13-4-8-15(9-5-13)25(27)28/h4-6,8-9,11,14,18,24H,7,10,12H2,1-3H3,(H,23,26)/b11-6+/t14-,18+/m1/s1. The summed E-state index contributed by atoms with van der Waals surface area (Å²) in [6.07, 6.45) is 6.55. The van der Waals surface area contributed by atoms with Gasteiger partial charge in [-0.05, 0) is 59.9 Å². The van der Waals surface area contributed by atoms with Crippen LogP contribution < -0.4 is 10.6 Å². The Kier molecular flexibility index (Phi) is 4.94. The molecule has 6 nitrogen and oxygen atoms in total. The lowest BCUT2D eigenvalue weighted by molar-refractivity contribution is -0.384. The average Bonchev–Trinajstić information content (AvgIpc) is 3.04. The summed E-state index contributed by atoms with van der Waals surface area (Å²) in [6, 6.07) is 6.34. The molecule has 4 rings (SSSR count). The Balaban J connectivity index is 1.51. The molecule has 1 aromatic carbocycles. The maximum absolute atomic E-state index is 12.8. The molecule has 29 heavy (non-hydrogen) atoms. The molecule has 2 N–H and O–H groups in total. The van der Waals surface area contributed by atoms with Gasteiger partial charge in [0.25, 0.3) is 11.6 Å². The number of nitrogens with zero attached hydrogens (tertiary/aromatic N) is 1. The summed E-state index contributed by atoms with van der Waals surface area (Å²) in [4.78, 5) is 24.5. The number of fused-ring (bicyclic) bond motifs is 3. The smallest absolute Gasteiger partial charge is 0.269 e. The van der Waals surface area contributed by atoms with Gasteiger partial charge in [-0.3, -0.25) is 14.9 Å². The molecule has 1 aromatic heterocycles. The first-order valence-electron chi connectivity index (χ1n) is 9.87. The van der Waals surface area contributed by atoms with Crippen molar-refractivity contribution in [2.45, 2.75) is 46.2 Å². The van der Waals surface area contributed by atoms with Crippen molar-refractivity contribution in [2.24, 2.45) is 11.3 Å². The Bertz CT molecular complexity index is 986. The summed E-state index contributed by atoms with van der Waals surface area (Å²) in [5, 5.41) is 18.2. The topological polar surface area (TPSA) is 84.3 Å². The Morgan fingerprint density at radius 3 is 2.59 bits per heavy atom. The monoisotopic (exact) mass is 411 g/mol. The van der Waals surface area contributed by atoms with Crippen LogP contribution in [0.2, 0.25) is 0 Å². The molecule has 0 fully saturated rings. The molecule has 0 radical (unpaired) electrons. The van der Waals surface area contributed by atoms with E-state index in [4.69, 9.17) is 0 Å². The fraction of sp³-hybridized carbons (Fsp3) is 0.409. The number of nitro groups is 1. The molecular weight excluding hydrogens is 386 g/mol. The number of non-ortho nitro benzene ring substituents is 1. The quantitative estimate of drug-likeness (QED) is 0.550. The van der Waals surface area contributed by atoms with Crippen molar-refractivity contribution >= 4 is 34.0 Å². The fourth-order valence-electron chi connectivity index (χ4n) is 4.07. The van der Waals surface area contributed by atoms with Gasteiger partial charge in [0.2, 0.25) is 0 Å². The molecule has 1 amide bonds. The van der Waals surface area contributed by atoms with E-state index in [0.29, 0.717) is 5.92 Å². The molecular formula is C22H25N3O3S. The van der Waals surface area contributed by atoms with Gasteiger partial charge in [-0.2, -0.15) is 0 Å². The molecule has 2 aromatic rings. The molecule has 7 heteroatoms. The van der Waals surface area contributed by atoms with Gasteiger partial charge in [0, 0.05) is 17.0 Å². The van der Waals surface area contributed by atoms with Gasteiger partial charge < -0.3 is 10.6 Å². The molecule has 152 valence electrons. The fourth-order valence-corrected chi connectivity index (χ4v) is 5.43. The van der Waals surface area contributed by atoms with Crippen molar-refractivity contribution in [1.82, 2.24) is 5.32 Å². The van der Waals surface area contributed by atoms with Crippen LogP contribution in [-0.4, -0.2) is 17.0 Å². The maximum atomic E-state index is 12.8. The van der Waals surface area contributed by atoms with Crippen LogP contribution in [-0.2, 0) is 12.8 Å². The number of carbonyl (C=O) groups is 1. The molecule has 0 bridgehead atoms. The highest BCUT2D eigenvalue weighted by Gasteiger charge is 2.35. The first-order chi connectivity index (χ1) is 13.7. The van der Waals surface area contributed by atoms with Gasteiger partial charge in [0.05, 0.1) is 10.5 Å². The van der Waals surface area contributed by atoms with Gasteiger partial charge in [-0.25, -0.2) is 0 Å². The van der Waals surface area contributed by atoms with E-state index in [2.05, 4.69) is 31.4 Å². The third kappa shape index (κ3) is 3.92. The van der Waals surface area contributed by atoms with Crippen LogP contribution in [0.5, 0.6) is 0 Å². The van der Waals surface area contributed by atoms with E-state index >= 15 is 0 Å². The Morgan fingerprint density at radius 1 is 1.21 bits per heavy atom. The van der Waals surface area contributed by atoms with Crippen molar-refractivity contribution in [3.63, 3.8) is 0 Å². The van der Waals surface area contributed by atoms with E-state index in [1.165, 1.54) is 22.6 Å². The van der Waals surface area contributed by atoms with Crippen LogP contribution in [0.25, 0.3) is 6.08 Å². The molecule has 2 aliphatic rings. The predicted molar refractivity (Wildman–Crippen MR) is 116 cm³/mol. The van der Waals surface area contributed by atoms with Gasteiger partial charge in [-0.15, -0.1) is 11.3 Å². The lowest BCUT2D eigenvalue weighted by atomic mass is 9.72. The lowest BCUT2D eigenvalue weighted by Gasteiger charge is -2.34. The van der Waals surface area contributed by atoms with E-state index in [9.17, 15) is 14.9 Å². The molecule has 0 unspecified atom stereocenters. The number of nitrogens with one attached hydrogen (secondary N) is 2. The number of rotatable bonds is 3. The van der Waals surface area contributed by atoms with Crippen LogP contribution in [0, 0.1) is 21.4 Å². The van der Waals surface area contributed by atoms with Crippen molar-refractivity contribution in [2.75, 3.05) is 5.32 Å². The minimum Gasteiger partial charge on any atom is -0.353 e. The summed E-state index contributed by atoms with van der Waals surface area (Å²) in [7, 11) is 0. The molecule has 0 saturated carbocycles. The van der Waals surface area contributed by atoms with Gasteiger partial charge >= 0.3 is 0 Å². The minimum absolute atomic E-state index is 0.0243. The van der Waals surface area contributed by atoms with Crippen molar-refractivity contribution in [3.8, 4) is 0 Å². The van der Waals surface area contributed by atoms with Crippen LogP contribution in [0.3, 0.4) is 0 Å². The zero-order valence-electron chi connectivity index (χ0n) is 16.8. The summed E-state index contributed by atoms with van der Waals surface area (Å²) in [5.74, 6) is 0.611. The number of anilines is 1. The van der Waals surface area contributed by atoms with E-state index < -0.39 is 4.92 Å². The summed E-state index contributed by atoms with van der Waals surface area (Å²) in [5.41, 5.74) is 3.21. The number of nitro benzene ring substituents is 1. The molecule has 0 spiro atoms. The first kappa shape index (κ1) is 19.6. The van der Waals surface area contributed by atoms with Crippen LogP contribution in [0.15, 0.2) is 30.3 Å². The van der Waals surface area contributed by atoms with E-state index in [1.54, 1.807) is 23.5 Å². The zero-order chi connectivity index (χ0) is 20.8. The zero-order valence-corrected chi connectivity index (χ0v) is 17.6. The van der Waals surface area contributed by atoms with Crippen LogP contribution in [0.1, 0.15) is 53.6 Å². The highest BCUT2D eigenvalue weighted by molar-refractivity contribution is 7.16. The number of amides is 1. The molecule has 0 saturated heterocycles. The predicted octanol–water partition coefficient (Wildman–Crippen LogP) is 5.00. The number of hydrogen-bond donors (Lipinski definition) is 2. The molecule has 2 heterocycles. The van der Waals surface area contributed by atoms with E-state index in [-0.39, 0.29) is 23.2 Å². The summed E-state index contributed by atoms with van der Waals surface area (Å²) >= 11 is 1.71. The second-order valence-corrected chi connectivity index (χ2v) is 9.92. The first-order valence-corrected chi connectivity index (χ1v) is 10.7. The second-order valence-electron chi connectivity index (χ2n) is 8.82. The highest BCUT2D eigenvalue weighted by atomic mass is 32.1. The maximum Gasteiger partial charge on any atom is 0.269 e. The number of hydrogen-bond acceptors (Lipinski definition) is 5. The van der Waals surface area contributed by atoms with Gasteiger partial charge in [0.15, 0.2) is 0 Å². The Morgan fingerprint density at radius 2 is 1.93 bits per heavy atom. The van der Waals surface area contributed by atoms with E-state index in [0.717, 1.165) is 35.4 Å². The number of thiophene rings is 1. The highest BCUT2D eigenvalue weighted by Crippen LogP contribution is 2.45. The Labute approximate surface area is 174 Å². The van der Waals surface area contributed by atoms with Crippen LogP contribution >= 0.6 is 11.3 Å². The number of carbonyl (C=O) groups excluding carboxylic acids is 1. The number of benzene rings is 1. The van der Waals surface area contributed by atoms with Gasteiger partial charge in [-0.1, -0.05) is 26.8 Å². The third-order valence-electron chi connectivity index (χ3n) is 5.88.